The van der Waals surface area contributed by atoms with Crippen LogP contribution in [-0.2, 0) is 27.1 Å². The maximum Gasteiger partial charge on any atom is 0.243 e. The molecule has 0 bridgehead atoms. The number of sulfonamides is 1. The van der Waals surface area contributed by atoms with E-state index in [-0.39, 0.29) is 10.7 Å². The highest BCUT2D eigenvalue weighted by atomic mass is 32.2. The molecule has 0 amide bonds. The molecule has 3 aromatic rings. The quantitative estimate of drug-likeness (QED) is 0.276. The molecule has 1 atom stereocenters. The highest BCUT2D eigenvalue weighted by Crippen LogP contribution is 2.30. The van der Waals surface area contributed by atoms with Gasteiger partial charge in [-0.3, -0.25) is 0 Å². The number of halogens is 1. The Hall–Kier alpha value is -1.94. The molecule has 1 aliphatic heterocycles. The second-order valence-electron chi connectivity index (χ2n) is 8.78. The summed E-state index contributed by atoms with van der Waals surface area (Å²) in [6.07, 6.45) is 2.76. The summed E-state index contributed by atoms with van der Waals surface area (Å²) in [6.45, 7) is 7.20. The SMILES string of the molecule is CCOCCCn1c(SCc2cccc(F)c2)nc2cc(S(=O)(=O)N3CCCC(C)C3)ccc21. The number of nitrogens with zero attached hydrogens (tertiary/aromatic N) is 3. The minimum Gasteiger partial charge on any atom is -0.382 e. The molecule has 1 aliphatic rings. The number of piperidine rings is 1. The number of imidazole rings is 1. The van der Waals surface area contributed by atoms with Gasteiger partial charge in [0.1, 0.15) is 5.82 Å². The molecule has 6 nitrogen and oxygen atoms in total. The van der Waals surface area contributed by atoms with Crippen molar-refractivity contribution in [3.63, 3.8) is 0 Å². The van der Waals surface area contributed by atoms with Gasteiger partial charge in [0.2, 0.25) is 10.0 Å². The number of aromatic nitrogens is 2. The maximum absolute atomic E-state index is 13.6. The third-order valence-corrected chi connectivity index (χ3v) is 8.98. The van der Waals surface area contributed by atoms with Crippen molar-refractivity contribution < 1.29 is 17.5 Å². The van der Waals surface area contributed by atoms with Gasteiger partial charge in [0, 0.05) is 38.6 Å². The summed E-state index contributed by atoms with van der Waals surface area (Å²) in [7, 11) is -3.56. The Labute approximate surface area is 205 Å². The Morgan fingerprint density at radius 3 is 2.85 bits per heavy atom. The smallest absolute Gasteiger partial charge is 0.243 e. The van der Waals surface area contributed by atoms with Gasteiger partial charge >= 0.3 is 0 Å². The second kappa shape index (κ2) is 11.2. The van der Waals surface area contributed by atoms with Crippen molar-refractivity contribution >= 4 is 32.8 Å². The lowest BCUT2D eigenvalue weighted by Gasteiger charge is -2.30. The molecule has 2 heterocycles. The molecule has 0 radical (unpaired) electrons. The fourth-order valence-electron chi connectivity index (χ4n) is 4.33. The number of aryl methyl sites for hydroxylation is 1. The summed E-state index contributed by atoms with van der Waals surface area (Å²) < 4.78 is 49.4. The molecule has 184 valence electrons. The highest BCUT2D eigenvalue weighted by molar-refractivity contribution is 7.98. The van der Waals surface area contributed by atoms with E-state index >= 15 is 0 Å². The fraction of sp³-hybridized carbons (Fsp3) is 0.480. The number of ether oxygens (including phenoxy) is 1. The van der Waals surface area contributed by atoms with Gasteiger partial charge < -0.3 is 9.30 Å². The summed E-state index contributed by atoms with van der Waals surface area (Å²) in [4.78, 5) is 5.08. The first-order chi connectivity index (χ1) is 16.4. The molecule has 1 unspecified atom stereocenters. The molecule has 4 rings (SSSR count). The number of thioether (sulfide) groups is 1. The van der Waals surface area contributed by atoms with E-state index in [0.717, 1.165) is 35.5 Å². The van der Waals surface area contributed by atoms with Crippen molar-refractivity contribution in [1.29, 1.82) is 0 Å². The topological polar surface area (TPSA) is 64.4 Å². The van der Waals surface area contributed by atoms with Crippen molar-refractivity contribution in [2.45, 2.75) is 55.5 Å². The van der Waals surface area contributed by atoms with Crippen molar-refractivity contribution in [2.24, 2.45) is 5.92 Å². The molecule has 9 heteroatoms. The third kappa shape index (κ3) is 5.82. The van der Waals surface area contributed by atoms with E-state index in [4.69, 9.17) is 9.72 Å². The van der Waals surface area contributed by atoms with Crippen molar-refractivity contribution in [3.8, 4) is 0 Å². The van der Waals surface area contributed by atoms with Gasteiger partial charge in [-0.1, -0.05) is 30.8 Å². The van der Waals surface area contributed by atoms with Gasteiger partial charge in [-0.15, -0.1) is 0 Å². The average Bonchev–Trinajstić information content (AvgIpc) is 3.17. The number of hydrogen-bond donors (Lipinski definition) is 0. The Morgan fingerprint density at radius 1 is 1.24 bits per heavy atom. The van der Waals surface area contributed by atoms with Gasteiger partial charge in [-0.25, -0.2) is 17.8 Å². The third-order valence-electron chi connectivity index (χ3n) is 6.07. The summed E-state index contributed by atoms with van der Waals surface area (Å²) in [6, 6.07) is 11.8. The van der Waals surface area contributed by atoms with Crippen LogP contribution >= 0.6 is 11.8 Å². The minimum absolute atomic E-state index is 0.259. The van der Waals surface area contributed by atoms with Crippen LogP contribution in [0.25, 0.3) is 11.0 Å². The largest absolute Gasteiger partial charge is 0.382 e. The van der Waals surface area contributed by atoms with Crippen molar-refractivity contribution in [1.82, 2.24) is 13.9 Å². The van der Waals surface area contributed by atoms with Crippen LogP contribution in [0, 0.1) is 11.7 Å². The summed E-state index contributed by atoms with van der Waals surface area (Å²) >= 11 is 1.52. The van der Waals surface area contributed by atoms with Crippen LogP contribution in [0.3, 0.4) is 0 Å². The molecule has 0 spiro atoms. The molecular formula is C25H32FN3O3S2. The van der Waals surface area contributed by atoms with E-state index in [0.29, 0.717) is 50.0 Å². The molecule has 2 aromatic carbocycles. The van der Waals surface area contributed by atoms with Crippen LogP contribution in [0.1, 0.15) is 38.7 Å². The number of rotatable bonds is 10. The van der Waals surface area contributed by atoms with Crippen LogP contribution in [0.5, 0.6) is 0 Å². The van der Waals surface area contributed by atoms with Gasteiger partial charge in [0.15, 0.2) is 5.16 Å². The fourth-order valence-corrected chi connectivity index (χ4v) is 6.93. The molecule has 0 aliphatic carbocycles. The molecule has 1 fully saturated rings. The summed E-state index contributed by atoms with van der Waals surface area (Å²) in [5, 5.41) is 0.789. The van der Waals surface area contributed by atoms with Crippen molar-refractivity contribution in [3.05, 3.63) is 53.8 Å². The van der Waals surface area contributed by atoms with Gasteiger partial charge in [0.05, 0.1) is 15.9 Å². The maximum atomic E-state index is 13.6. The molecule has 34 heavy (non-hydrogen) atoms. The Kier molecular flexibility index (Phi) is 8.29. The monoisotopic (exact) mass is 505 g/mol. The van der Waals surface area contributed by atoms with Gasteiger partial charge in [0.25, 0.3) is 0 Å². The minimum atomic E-state index is -3.56. The Bertz CT molecular complexity index is 1230. The van der Waals surface area contributed by atoms with Crippen molar-refractivity contribution in [2.75, 3.05) is 26.3 Å². The standard InChI is InChI=1S/C25H32FN3O3S2/c1-3-32-14-6-13-29-24-11-10-22(34(30,31)28-12-5-7-19(2)17-28)16-23(24)27-25(29)33-18-20-8-4-9-21(26)15-20/h4,8-11,15-16,19H,3,5-7,12-14,17-18H2,1-2H3. The zero-order valence-electron chi connectivity index (χ0n) is 19.7. The first kappa shape index (κ1) is 25.2. The molecular weight excluding hydrogens is 473 g/mol. The van der Waals surface area contributed by atoms with Crippen LogP contribution in [-0.4, -0.2) is 48.6 Å². The van der Waals surface area contributed by atoms with E-state index in [1.807, 2.05) is 19.1 Å². The van der Waals surface area contributed by atoms with E-state index in [1.54, 1.807) is 22.5 Å². The predicted molar refractivity (Wildman–Crippen MR) is 134 cm³/mol. The normalized spacial score (nSPS) is 17.4. The molecule has 1 saturated heterocycles. The van der Waals surface area contributed by atoms with Crippen LogP contribution < -0.4 is 0 Å². The van der Waals surface area contributed by atoms with Crippen LogP contribution in [0.15, 0.2) is 52.5 Å². The Morgan fingerprint density at radius 2 is 2.09 bits per heavy atom. The predicted octanol–water partition coefficient (Wildman–Crippen LogP) is 5.31. The number of benzene rings is 2. The van der Waals surface area contributed by atoms with E-state index in [2.05, 4.69) is 11.5 Å². The zero-order chi connectivity index (χ0) is 24.1. The first-order valence-electron chi connectivity index (χ1n) is 11.8. The van der Waals surface area contributed by atoms with E-state index < -0.39 is 10.0 Å². The average molecular weight is 506 g/mol. The Balaban J connectivity index is 1.63. The van der Waals surface area contributed by atoms with E-state index in [1.165, 1.54) is 23.9 Å². The van der Waals surface area contributed by atoms with Crippen LogP contribution in [0.4, 0.5) is 4.39 Å². The first-order valence-corrected chi connectivity index (χ1v) is 14.3. The zero-order valence-corrected chi connectivity index (χ0v) is 21.4. The molecule has 0 saturated carbocycles. The summed E-state index contributed by atoms with van der Waals surface area (Å²) in [5.74, 6) is 0.677. The number of hydrogen-bond acceptors (Lipinski definition) is 5. The molecule has 0 N–H and O–H groups in total. The second-order valence-corrected chi connectivity index (χ2v) is 11.7. The lowest BCUT2D eigenvalue weighted by atomic mass is 10.0. The van der Waals surface area contributed by atoms with Gasteiger partial charge in [-0.05, 0) is 68.0 Å². The van der Waals surface area contributed by atoms with E-state index in [9.17, 15) is 12.8 Å². The summed E-state index contributed by atoms with van der Waals surface area (Å²) in [5.41, 5.74) is 2.42. The molecule has 1 aromatic heterocycles. The lowest BCUT2D eigenvalue weighted by molar-refractivity contribution is 0.141. The van der Waals surface area contributed by atoms with Gasteiger partial charge in [-0.2, -0.15) is 4.31 Å². The number of fused-ring (bicyclic) bond motifs is 1. The highest BCUT2D eigenvalue weighted by Gasteiger charge is 2.29. The lowest BCUT2D eigenvalue weighted by Crippen LogP contribution is -2.39. The van der Waals surface area contributed by atoms with Crippen LogP contribution in [0.2, 0.25) is 0 Å².